The van der Waals surface area contributed by atoms with Gasteiger partial charge in [-0.05, 0) is 0 Å². The van der Waals surface area contributed by atoms with E-state index in [0.717, 1.165) is 6.26 Å². The van der Waals surface area contributed by atoms with Gasteiger partial charge in [0.25, 0.3) is 0 Å². The second-order valence-corrected chi connectivity index (χ2v) is 4.33. The molecule has 0 fully saturated rings. The third kappa shape index (κ3) is 1.89. The van der Waals surface area contributed by atoms with Crippen molar-refractivity contribution in [2.45, 2.75) is 5.16 Å². The molecular weight excluding hydrogens is 207 g/mol. The summed E-state index contributed by atoms with van der Waals surface area (Å²) in [6, 6.07) is 0. The van der Waals surface area contributed by atoms with Gasteiger partial charge in [0.2, 0.25) is 15.0 Å². The Bertz CT molecular complexity index is 406. The van der Waals surface area contributed by atoms with Gasteiger partial charge in [0, 0.05) is 6.26 Å². The average Bonchev–Trinajstić information content (AvgIpc) is 1.92. The molecule has 0 bridgehead atoms. The average molecular weight is 211 g/mol. The Hall–Kier alpha value is -0.750. The molecule has 0 aliphatic heterocycles. The van der Waals surface area contributed by atoms with Gasteiger partial charge >= 0.3 is 0 Å². The van der Waals surface area contributed by atoms with Gasteiger partial charge in [0.1, 0.15) is 0 Å². The van der Waals surface area contributed by atoms with Crippen molar-refractivity contribution in [1.29, 1.82) is 0 Å². The molecule has 1 rings (SSSR count). The van der Waals surface area contributed by atoms with Gasteiger partial charge in [-0.2, -0.15) is 0 Å². The van der Waals surface area contributed by atoms with Gasteiger partial charge in [-0.1, -0.05) is 11.6 Å². The van der Waals surface area contributed by atoms with E-state index in [2.05, 4.69) is 9.97 Å². The highest BCUT2D eigenvalue weighted by molar-refractivity contribution is 7.90. The van der Waals surface area contributed by atoms with Crippen LogP contribution in [0.1, 0.15) is 0 Å². The van der Waals surface area contributed by atoms with Gasteiger partial charge < -0.3 is 0 Å². The second-order valence-electron chi connectivity index (χ2n) is 2.06. The minimum absolute atomic E-state index is 0.478. The zero-order valence-electron chi connectivity index (χ0n) is 5.95. The second kappa shape index (κ2) is 2.95. The predicted molar refractivity (Wildman–Crippen MR) is 40.1 cm³/mol. The summed E-state index contributed by atoms with van der Waals surface area (Å²) in [5.74, 6) is -0.843. The highest BCUT2D eigenvalue weighted by atomic mass is 35.5. The van der Waals surface area contributed by atoms with Crippen molar-refractivity contribution in [3.63, 3.8) is 0 Å². The quantitative estimate of drug-likeness (QED) is 0.505. The van der Waals surface area contributed by atoms with Crippen molar-refractivity contribution in [1.82, 2.24) is 9.97 Å². The van der Waals surface area contributed by atoms with Crippen LogP contribution in [-0.2, 0) is 9.84 Å². The lowest BCUT2D eigenvalue weighted by atomic mass is 10.6. The van der Waals surface area contributed by atoms with E-state index in [-0.39, 0.29) is 0 Å². The normalized spacial score (nSPS) is 11.6. The fourth-order valence-corrected chi connectivity index (χ4v) is 1.19. The van der Waals surface area contributed by atoms with Crippen LogP contribution >= 0.6 is 11.6 Å². The third-order valence-corrected chi connectivity index (χ3v) is 2.14. The molecule has 0 aromatic carbocycles. The number of hydrogen-bond donors (Lipinski definition) is 0. The van der Waals surface area contributed by atoms with Crippen molar-refractivity contribution >= 4 is 21.4 Å². The van der Waals surface area contributed by atoms with Crippen molar-refractivity contribution in [3.05, 3.63) is 17.2 Å². The van der Waals surface area contributed by atoms with Crippen molar-refractivity contribution in [2.75, 3.05) is 6.26 Å². The van der Waals surface area contributed by atoms with E-state index >= 15 is 0 Å². The van der Waals surface area contributed by atoms with Crippen molar-refractivity contribution in [3.8, 4) is 0 Å². The van der Waals surface area contributed by atoms with Crippen LogP contribution in [0.3, 0.4) is 0 Å². The number of hydrogen-bond acceptors (Lipinski definition) is 4. The maximum Gasteiger partial charge on any atom is 0.248 e. The molecule has 0 aliphatic carbocycles. The molecule has 0 saturated carbocycles. The molecule has 0 unspecified atom stereocenters. The van der Waals surface area contributed by atoms with Gasteiger partial charge in [0.15, 0.2) is 11.0 Å². The van der Waals surface area contributed by atoms with Crippen LogP contribution in [0.2, 0.25) is 5.15 Å². The molecule has 1 heterocycles. The van der Waals surface area contributed by atoms with E-state index < -0.39 is 26.0 Å². The number of rotatable bonds is 1. The van der Waals surface area contributed by atoms with E-state index in [1.54, 1.807) is 0 Å². The zero-order chi connectivity index (χ0) is 9.35. The Balaban J connectivity index is 3.33. The Labute approximate surface area is 73.3 Å². The van der Waals surface area contributed by atoms with Crippen LogP contribution in [0.25, 0.3) is 0 Å². The van der Waals surface area contributed by atoms with Crippen LogP contribution in [0.15, 0.2) is 11.4 Å². The predicted octanol–water partition coefficient (Wildman–Crippen LogP) is 0.673. The summed E-state index contributed by atoms with van der Waals surface area (Å²) in [4.78, 5) is 6.49. The first-order valence-electron chi connectivity index (χ1n) is 2.79. The number of halogens is 2. The maximum atomic E-state index is 12.4. The lowest BCUT2D eigenvalue weighted by molar-refractivity contribution is 0.581. The van der Waals surface area contributed by atoms with Crippen molar-refractivity contribution in [2.24, 2.45) is 0 Å². The highest BCUT2D eigenvalue weighted by Gasteiger charge is 2.13. The highest BCUT2D eigenvalue weighted by Crippen LogP contribution is 2.11. The number of nitrogens with zero attached hydrogens (tertiary/aromatic N) is 2. The lowest BCUT2D eigenvalue weighted by Crippen LogP contribution is -2.04. The van der Waals surface area contributed by atoms with Crippen LogP contribution < -0.4 is 0 Å². The van der Waals surface area contributed by atoms with E-state index in [9.17, 15) is 12.8 Å². The van der Waals surface area contributed by atoms with Gasteiger partial charge in [-0.3, -0.25) is 0 Å². The van der Waals surface area contributed by atoms with E-state index in [4.69, 9.17) is 11.6 Å². The molecule has 1 aromatic rings. The van der Waals surface area contributed by atoms with Gasteiger partial charge in [-0.25, -0.2) is 22.8 Å². The molecule has 0 amide bonds. The number of aromatic nitrogens is 2. The van der Waals surface area contributed by atoms with Crippen LogP contribution in [0.4, 0.5) is 4.39 Å². The summed E-state index contributed by atoms with van der Waals surface area (Å²) in [6.45, 7) is 0. The molecule has 0 radical (unpaired) electrons. The zero-order valence-corrected chi connectivity index (χ0v) is 7.52. The first-order valence-corrected chi connectivity index (χ1v) is 5.06. The molecule has 0 N–H and O–H groups in total. The third-order valence-electron chi connectivity index (χ3n) is 1.01. The monoisotopic (exact) mass is 210 g/mol. The van der Waals surface area contributed by atoms with Crippen molar-refractivity contribution < 1.29 is 12.8 Å². The summed E-state index contributed by atoms with van der Waals surface area (Å²) < 4.78 is 34.0. The van der Waals surface area contributed by atoms with Crippen LogP contribution in [-0.4, -0.2) is 24.6 Å². The Kier molecular flexibility index (Phi) is 2.29. The fourth-order valence-electron chi connectivity index (χ4n) is 0.510. The molecule has 4 nitrogen and oxygen atoms in total. The minimum Gasteiger partial charge on any atom is -0.224 e. The molecule has 0 aliphatic rings. The molecular formula is C5H4ClFN2O2S. The summed E-state index contributed by atoms with van der Waals surface area (Å²) in [5.41, 5.74) is 0. The number of sulfone groups is 1. The van der Waals surface area contributed by atoms with Gasteiger partial charge in [-0.15, -0.1) is 0 Å². The lowest BCUT2D eigenvalue weighted by Gasteiger charge is -1.96. The standard InChI is InChI=1S/C5H4ClFN2O2S/c1-12(10,11)5-8-2-3(7)4(6)9-5/h2H,1H3. The fraction of sp³-hybridized carbons (Fsp3) is 0.200. The first kappa shape index (κ1) is 9.34. The molecule has 12 heavy (non-hydrogen) atoms. The van der Waals surface area contributed by atoms with E-state index in [1.165, 1.54) is 0 Å². The Morgan fingerprint density at radius 1 is 1.58 bits per heavy atom. The van der Waals surface area contributed by atoms with E-state index in [1.807, 2.05) is 0 Å². The summed E-state index contributed by atoms with van der Waals surface area (Å²) in [6.07, 6.45) is 1.63. The molecule has 0 spiro atoms. The Morgan fingerprint density at radius 2 is 2.17 bits per heavy atom. The van der Waals surface area contributed by atoms with Gasteiger partial charge in [0.05, 0.1) is 6.20 Å². The maximum absolute atomic E-state index is 12.4. The van der Waals surface area contributed by atoms with Crippen LogP contribution in [0.5, 0.6) is 0 Å². The molecule has 66 valence electrons. The van der Waals surface area contributed by atoms with E-state index in [0.29, 0.717) is 6.20 Å². The Morgan fingerprint density at radius 3 is 2.58 bits per heavy atom. The van der Waals surface area contributed by atoms with Crippen LogP contribution in [0, 0.1) is 5.82 Å². The smallest absolute Gasteiger partial charge is 0.224 e. The SMILES string of the molecule is CS(=O)(=O)c1ncc(F)c(Cl)n1. The molecule has 0 saturated heterocycles. The molecule has 7 heteroatoms. The first-order chi connectivity index (χ1) is 5.41. The topological polar surface area (TPSA) is 59.9 Å². The minimum atomic E-state index is -3.52. The molecule has 1 aromatic heterocycles. The largest absolute Gasteiger partial charge is 0.248 e. The summed E-state index contributed by atoms with van der Waals surface area (Å²) >= 11 is 5.23. The summed E-state index contributed by atoms with van der Waals surface area (Å²) in [5, 5.41) is -0.973. The summed E-state index contributed by atoms with van der Waals surface area (Å²) in [7, 11) is -3.52. The molecule has 0 atom stereocenters.